The molecule has 0 bridgehead atoms. The van der Waals surface area contributed by atoms with Gasteiger partial charge in [0.2, 0.25) is 0 Å². The van der Waals surface area contributed by atoms with Gasteiger partial charge in [0.05, 0.1) is 12.8 Å². The van der Waals surface area contributed by atoms with Crippen molar-refractivity contribution in [3.8, 4) is 17.1 Å². The number of nitrogen functional groups attached to an aromatic ring is 1. The van der Waals surface area contributed by atoms with Crippen molar-refractivity contribution in [2.75, 3.05) is 18.2 Å². The van der Waals surface area contributed by atoms with Crippen molar-refractivity contribution in [1.82, 2.24) is 9.97 Å². The van der Waals surface area contributed by atoms with Crippen molar-refractivity contribution in [3.63, 3.8) is 0 Å². The molecule has 0 amide bonds. The van der Waals surface area contributed by atoms with Crippen molar-refractivity contribution in [1.29, 1.82) is 0 Å². The lowest BCUT2D eigenvalue weighted by Crippen LogP contribution is -1.94. The van der Waals surface area contributed by atoms with E-state index < -0.39 is 0 Å². The lowest BCUT2D eigenvalue weighted by atomic mass is 10.2. The largest absolute Gasteiger partial charge is 0.495 e. The van der Waals surface area contributed by atoms with Crippen LogP contribution in [0, 0.1) is 0 Å². The van der Waals surface area contributed by atoms with Crippen LogP contribution in [-0.2, 0) is 12.8 Å². The first-order valence-electron chi connectivity index (χ1n) is 7.50. The summed E-state index contributed by atoms with van der Waals surface area (Å²) in [6.45, 7) is 0. The van der Waals surface area contributed by atoms with Crippen LogP contribution in [0.2, 0.25) is 5.02 Å². The molecule has 124 valence electrons. The number of fused-ring (bicyclic) bond motifs is 3. The van der Waals surface area contributed by atoms with E-state index in [0.29, 0.717) is 10.2 Å². The molecule has 0 radical (unpaired) electrons. The Kier molecular flexibility index (Phi) is 4.07. The highest BCUT2D eigenvalue weighted by molar-refractivity contribution is 7.17. The summed E-state index contributed by atoms with van der Waals surface area (Å²) < 4.78 is 5.38. The number of nitrogens with zero attached hydrogens (tertiary/aromatic N) is 2. The number of methoxy groups -OCH3 is 1. The van der Waals surface area contributed by atoms with Gasteiger partial charge in [-0.2, -0.15) is 0 Å². The Bertz CT molecular complexity index is 906. The number of hydrogen-bond donors (Lipinski definition) is 2. The molecule has 4 rings (SSSR count). The first kappa shape index (κ1) is 15.7. The minimum atomic E-state index is 0.604. The van der Waals surface area contributed by atoms with E-state index >= 15 is 0 Å². The van der Waals surface area contributed by atoms with E-state index in [9.17, 15) is 0 Å². The van der Waals surface area contributed by atoms with Crippen molar-refractivity contribution >= 4 is 50.2 Å². The van der Waals surface area contributed by atoms with Crippen LogP contribution in [0.3, 0.4) is 0 Å². The maximum Gasteiger partial charge on any atom is 0.188 e. The minimum absolute atomic E-state index is 0.604. The number of anilines is 3. The highest BCUT2D eigenvalue weighted by atomic mass is 35.5. The Morgan fingerprint density at radius 3 is 2.71 bits per heavy atom. The van der Waals surface area contributed by atoms with Crippen molar-refractivity contribution in [2.45, 2.75) is 19.3 Å². The Morgan fingerprint density at radius 1 is 1.17 bits per heavy atom. The minimum Gasteiger partial charge on any atom is -0.495 e. The first-order valence-corrected chi connectivity index (χ1v) is 9.51. The van der Waals surface area contributed by atoms with E-state index in [1.54, 1.807) is 35.8 Å². The molecular formula is C16H15ClN4OS2. The zero-order chi connectivity index (χ0) is 16.7. The normalized spacial score (nSPS) is 13.1. The summed E-state index contributed by atoms with van der Waals surface area (Å²) in [7, 11) is 1.63. The molecule has 1 aromatic carbocycles. The lowest BCUT2D eigenvalue weighted by molar-refractivity contribution is 0.417. The smallest absolute Gasteiger partial charge is 0.188 e. The average molecular weight is 379 g/mol. The Morgan fingerprint density at radius 2 is 1.92 bits per heavy atom. The predicted molar refractivity (Wildman–Crippen MR) is 101 cm³/mol. The van der Waals surface area contributed by atoms with Gasteiger partial charge in [-0.3, -0.25) is 0 Å². The van der Waals surface area contributed by atoms with Crippen LogP contribution < -0.4 is 15.8 Å². The molecule has 3 aromatic rings. The van der Waals surface area contributed by atoms with E-state index in [1.165, 1.54) is 9.75 Å². The average Bonchev–Trinajstić information content (AvgIpc) is 3.07. The molecule has 2 aromatic heterocycles. The molecule has 3 N–H and O–H groups in total. The molecule has 0 aliphatic heterocycles. The maximum absolute atomic E-state index is 6.10. The molecule has 0 saturated carbocycles. The van der Waals surface area contributed by atoms with Gasteiger partial charge < -0.3 is 15.8 Å². The summed E-state index contributed by atoms with van der Waals surface area (Å²) in [6, 6.07) is 5.47. The summed E-state index contributed by atoms with van der Waals surface area (Å²) in [5, 5.41) is 5.38. The molecule has 2 heterocycles. The van der Waals surface area contributed by atoms with E-state index in [4.69, 9.17) is 27.1 Å². The van der Waals surface area contributed by atoms with Gasteiger partial charge in [-0.1, -0.05) is 11.6 Å². The van der Waals surface area contributed by atoms with Gasteiger partial charge in [-0.25, -0.2) is 9.97 Å². The molecule has 0 saturated heterocycles. The van der Waals surface area contributed by atoms with Crippen molar-refractivity contribution in [3.05, 3.63) is 33.0 Å². The van der Waals surface area contributed by atoms with Crippen LogP contribution in [0.15, 0.2) is 18.2 Å². The van der Waals surface area contributed by atoms with Crippen LogP contribution in [0.25, 0.3) is 11.4 Å². The molecule has 1 aliphatic rings. The third kappa shape index (κ3) is 2.83. The second-order valence-electron chi connectivity index (χ2n) is 5.44. The monoisotopic (exact) mass is 378 g/mol. The van der Waals surface area contributed by atoms with Crippen LogP contribution >= 0.6 is 34.3 Å². The number of nitrogens with two attached hydrogens (primary N) is 1. The number of aryl methyl sites for hydroxylation is 2. The van der Waals surface area contributed by atoms with E-state index in [0.717, 1.165) is 47.2 Å². The molecule has 0 unspecified atom stereocenters. The first-order chi connectivity index (χ1) is 11.6. The van der Waals surface area contributed by atoms with E-state index in [1.807, 2.05) is 12.1 Å². The number of ether oxygens (including phenoxy) is 1. The lowest BCUT2D eigenvalue weighted by Gasteiger charge is -2.09. The van der Waals surface area contributed by atoms with E-state index in [2.05, 4.69) is 10.3 Å². The summed E-state index contributed by atoms with van der Waals surface area (Å²) in [4.78, 5) is 11.7. The molecule has 0 spiro atoms. The number of nitrogens with one attached hydrogen (secondary N) is 1. The topological polar surface area (TPSA) is 73.1 Å². The summed E-state index contributed by atoms with van der Waals surface area (Å²) >= 11 is 9.30. The van der Waals surface area contributed by atoms with Gasteiger partial charge in [0, 0.05) is 14.8 Å². The predicted octanol–water partition coefficient (Wildman–Crippen LogP) is 4.74. The quantitative estimate of drug-likeness (QED) is 0.688. The van der Waals surface area contributed by atoms with Crippen LogP contribution in [-0.4, -0.2) is 17.1 Å². The van der Waals surface area contributed by atoms with E-state index in [-0.39, 0.29) is 0 Å². The van der Waals surface area contributed by atoms with Gasteiger partial charge in [0.1, 0.15) is 17.1 Å². The third-order valence-corrected chi connectivity index (χ3v) is 6.06. The molecular weight excluding hydrogens is 364 g/mol. The number of thiazole rings is 2. The fourth-order valence-electron chi connectivity index (χ4n) is 2.79. The van der Waals surface area contributed by atoms with Gasteiger partial charge in [0.15, 0.2) is 10.3 Å². The zero-order valence-electron chi connectivity index (χ0n) is 12.9. The Hall–Kier alpha value is -1.83. The fraction of sp³-hybridized carbons (Fsp3) is 0.250. The molecule has 0 fully saturated rings. The van der Waals surface area contributed by atoms with Crippen molar-refractivity contribution in [2.24, 2.45) is 0 Å². The number of aromatic nitrogens is 2. The fourth-order valence-corrected chi connectivity index (χ4v) is 4.85. The van der Waals surface area contributed by atoms with Gasteiger partial charge >= 0.3 is 0 Å². The third-order valence-electron chi connectivity index (χ3n) is 3.85. The number of rotatable bonds is 3. The van der Waals surface area contributed by atoms with Crippen LogP contribution in [0.5, 0.6) is 5.75 Å². The maximum atomic E-state index is 6.10. The Balaban J connectivity index is 1.72. The number of hydrogen-bond acceptors (Lipinski definition) is 7. The van der Waals surface area contributed by atoms with Gasteiger partial charge in [-0.15, -0.1) is 22.7 Å². The molecule has 24 heavy (non-hydrogen) atoms. The number of benzene rings is 1. The molecule has 8 heteroatoms. The van der Waals surface area contributed by atoms with Crippen LogP contribution in [0.1, 0.15) is 16.2 Å². The summed E-state index contributed by atoms with van der Waals surface area (Å²) in [5.41, 5.74) is 8.57. The second kappa shape index (κ2) is 6.23. The zero-order valence-corrected chi connectivity index (χ0v) is 15.3. The number of halogens is 1. The van der Waals surface area contributed by atoms with Crippen molar-refractivity contribution < 1.29 is 4.74 Å². The van der Waals surface area contributed by atoms with Gasteiger partial charge in [0.25, 0.3) is 0 Å². The molecule has 5 nitrogen and oxygen atoms in total. The molecule has 1 aliphatic carbocycles. The second-order valence-corrected chi connectivity index (χ2v) is 8.07. The summed E-state index contributed by atoms with van der Waals surface area (Å²) in [6.07, 6.45) is 3.10. The Labute approximate surface area is 152 Å². The molecule has 0 atom stereocenters. The van der Waals surface area contributed by atoms with Crippen LogP contribution in [0.4, 0.5) is 16.0 Å². The summed E-state index contributed by atoms with van der Waals surface area (Å²) in [5.74, 6) is 0.725. The standard InChI is InChI=1S/C16H15ClN4OS2/c1-22-10-6-5-8(17)7-9(10)19-16-21-14-12(24-16)4-2-3-11-13(14)20-15(18)23-11/h5-7H,2-4H2,1H3,(H2,18,20)(H,19,21). The highest BCUT2D eigenvalue weighted by Crippen LogP contribution is 2.41. The highest BCUT2D eigenvalue weighted by Gasteiger charge is 2.23. The SMILES string of the molecule is COc1ccc(Cl)cc1Nc1nc2c(s1)CCCc1sc(N)nc1-2. The van der Waals surface area contributed by atoms with Gasteiger partial charge in [-0.05, 0) is 37.5 Å².